The molecule has 1 aromatic rings. The van der Waals surface area contributed by atoms with Crippen molar-refractivity contribution >= 4 is 24.0 Å². The van der Waals surface area contributed by atoms with E-state index < -0.39 is 30.8 Å². The van der Waals surface area contributed by atoms with Crippen LogP contribution < -0.4 is 10.6 Å². The molecular formula is C14H17ClF2N2O. The SMILES string of the molecule is Cl.O=C(Nc1ccc(C2CC2)cc1)[C@H]1CC(F)(F)CN1. The maximum atomic E-state index is 13.0. The number of alkyl halides is 2. The summed E-state index contributed by atoms with van der Waals surface area (Å²) < 4.78 is 26.0. The lowest BCUT2D eigenvalue weighted by Crippen LogP contribution is -2.35. The Morgan fingerprint density at radius 2 is 1.90 bits per heavy atom. The molecule has 0 aromatic heterocycles. The van der Waals surface area contributed by atoms with E-state index in [1.165, 1.54) is 18.4 Å². The van der Waals surface area contributed by atoms with E-state index >= 15 is 0 Å². The minimum absolute atomic E-state index is 0. The third-order valence-corrected chi connectivity index (χ3v) is 3.65. The van der Waals surface area contributed by atoms with Crippen LogP contribution in [0.1, 0.15) is 30.7 Å². The molecule has 1 amide bonds. The molecular weight excluding hydrogens is 286 g/mol. The fourth-order valence-electron chi connectivity index (χ4n) is 2.39. The number of rotatable bonds is 3. The number of anilines is 1. The van der Waals surface area contributed by atoms with Crippen molar-refractivity contribution in [2.45, 2.75) is 37.1 Å². The van der Waals surface area contributed by atoms with E-state index in [4.69, 9.17) is 0 Å². The highest BCUT2D eigenvalue weighted by Crippen LogP contribution is 2.40. The minimum Gasteiger partial charge on any atom is -0.325 e. The summed E-state index contributed by atoms with van der Waals surface area (Å²) in [4.78, 5) is 11.8. The molecule has 110 valence electrons. The lowest BCUT2D eigenvalue weighted by Gasteiger charge is -2.11. The summed E-state index contributed by atoms with van der Waals surface area (Å²) in [5.41, 5.74) is 1.94. The zero-order chi connectivity index (χ0) is 13.5. The maximum Gasteiger partial charge on any atom is 0.262 e. The molecule has 1 atom stereocenters. The molecule has 0 unspecified atom stereocenters. The van der Waals surface area contributed by atoms with Crippen molar-refractivity contribution in [3.63, 3.8) is 0 Å². The molecule has 20 heavy (non-hydrogen) atoms. The molecule has 2 aliphatic rings. The Morgan fingerprint density at radius 3 is 2.40 bits per heavy atom. The normalized spacial score (nSPS) is 24.0. The van der Waals surface area contributed by atoms with E-state index in [2.05, 4.69) is 10.6 Å². The van der Waals surface area contributed by atoms with Gasteiger partial charge in [-0.2, -0.15) is 0 Å². The topological polar surface area (TPSA) is 41.1 Å². The molecule has 1 saturated heterocycles. The van der Waals surface area contributed by atoms with Crippen molar-refractivity contribution in [1.29, 1.82) is 0 Å². The first-order chi connectivity index (χ1) is 9.03. The molecule has 3 rings (SSSR count). The standard InChI is InChI=1S/C14H16F2N2O.ClH/c15-14(16)7-12(17-8-14)13(19)18-11-5-3-10(4-6-11)9-1-2-9;/h3-6,9,12,17H,1-2,7-8H2,(H,18,19);1H/t12-;/m1./s1. The highest BCUT2D eigenvalue weighted by atomic mass is 35.5. The molecule has 0 radical (unpaired) electrons. The second-order valence-corrected chi connectivity index (χ2v) is 5.38. The molecule has 2 N–H and O–H groups in total. The van der Waals surface area contributed by atoms with Crippen LogP contribution in [0, 0.1) is 0 Å². The molecule has 1 aliphatic heterocycles. The number of hydrogen-bond acceptors (Lipinski definition) is 2. The van der Waals surface area contributed by atoms with Crippen LogP contribution in [0.4, 0.5) is 14.5 Å². The number of carbonyl (C=O) groups is 1. The van der Waals surface area contributed by atoms with E-state index in [0.29, 0.717) is 11.6 Å². The molecule has 1 aromatic carbocycles. The molecule has 2 fully saturated rings. The van der Waals surface area contributed by atoms with Gasteiger partial charge in [-0.15, -0.1) is 12.4 Å². The third kappa shape index (κ3) is 3.46. The van der Waals surface area contributed by atoms with E-state index in [9.17, 15) is 13.6 Å². The Kier molecular flexibility index (Phi) is 4.30. The third-order valence-electron chi connectivity index (χ3n) is 3.65. The van der Waals surface area contributed by atoms with Crippen LogP contribution >= 0.6 is 12.4 Å². The predicted molar refractivity (Wildman–Crippen MR) is 75.6 cm³/mol. The first kappa shape index (κ1) is 15.2. The Balaban J connectivity index is 0.00000147. The predicted octanol–water partition coefficient (Wildman–Crippen LogP) is 2.92. The van der Waals surface area contributed by atoms with Crippen LogP contribution in [-0.4, -0.2) is 24.4 Å². The molecule has 3 nitrogen and oxygen atoms in total. The Labute approximate surface area is 122 Å². The molecule has 1 aliphatic carbocycles. The first-order valence-corrected chi connectivity index (χ1v) is 6.55. The largest absolute Gasteiger partial charge is 0.325 e. The lowest BCUT2D eigenvalue weighted by molar-refractivity contribution is -0.118. The van der Waals surface area contributed by atoms with Gasteiger partial charge in [-0.3, -0.25) is 10.1 Å². The summed E-state index contributed by atoms with van der Waals surface area (Å²) in [6.07, 6.45) is 2.03. The molecule has 0 spiro atoms. The van der Waals surface area contributed by atoms with Crippen molar-refractivity contribution in [2.75, 3.05) is 11.9 Å². The smallest absolute Gasteiger partial charge is 0.262 e. The molecule has 6 heteroatoms. The van der Waals surface area contributed by atoms with Gasteiger partial charge < -0.3 is 5.32 Å². The van der Waals surface area contributed by atoms with Gasteiger partial charge in [-0.25, -0.2) is 8.78 Å². The number of nitrogens with one attached hydrogen (secondary N) is 2. The van der Waals surface area contributed by atoms with Crippen LogP contribution in [0.2, 0.25) is 0 Å². The summed E-state index contributed by atoms with van der Waals surface area (Å²) in [6, 6.07) is 6.84. The van der Waals surface area contributed by atoms with Gasteiger partial charge in [0.2, 0.25) is 5.91 Å². The van der Waals surface area contributed by atoms with Gasteiger partial charge in [0.05, 0.1) is 12.6 Å². The van der Waals surface area contributed by atoms with Crippen LogP contribution in [0.25, 0.3) is 0 Å². The Hall–Kier alpha value is -1.20. The summed E-state index contributed by atoms with van der Waals surface area (Å²) in [5, 5.41) is 5.22. The summed E-state index contributed by atoms with van der Waals surface area (Å²) in [5.74, 6) is -2.51. The van der Waals surface area contributed by atoms with Crippen LogP contribution in [-0.2, 0) is 4.79 Å². The van der Waals surface area contributed by atoms with Crippen molar-refractivity contribution in [3.8, 4) is 0 Å². The highest BCUT2D eigenvalue weighted by molar-refractivity contribution is 5.95. The summed E-state index contributed by atoms with van der Waals surface area (Å²) in [6.45, 7) is -0.425. The average molecular weight is 303 g/mol. The van der Waals surface area contributed by atoms with E-state index in [0.717, 1.165) is 0 Å². The number of benzene rings is 1. The number of halogens is 3. The zero-order valence-electron chi connectivity index (χ0n) is 10.9. The quantitative estimate of drug-likeness (QED) is 0.901. The fraction of sp³-hybridized carbons (Fsp3) is 0.500. The number of hydrogen-bond donors (Lipinski definition) is 2. The monoisotopic (exact) mass is 302 g/mol. The second-order valence-electron chi connectivity index (χ2n) is 5.38. The number of amides is 1. The van der Waals surface area contributed by atoms with Gasteiger partial charge in [0.1, 0.15) is 0 Å². The second kappa shape index (κ2) is 5.66. The fourth-order valence-corrected chi connectivity index (χ4v) is 2.39. The van der Waals surface area contributed by atoms with Crippen molar-refractivity contribution < 1.29 is 13.6 Å². The molecule has 1 saturated carbocycles. The Bertz CT molecular complexity index is 488. The van der Waals surface area contributed by atoms with Gasteiger partial charge in [-0.05, 0) is 36.5 Å². The van der Waals surface area contributed by atoms with Gasteiger partial charge in [-0.1, -0.05) is 12.1 Å². The van der Waals surface area contributed by atoms with Gasteiger partial charge in [0.15, 0.2) is 0 Å². The van der Waals surface area contributed by atoms with Gasteiger partial charge >= 0.3 is 0 Å². The van der Waals surface area contributed by atoms with Gasteiger partial charge in [0.25, 0.3) is 5.92 Å². The minimum atomic E-state index is -2.78. The molecule has 1 heterocycles. The first-order valence-electron chi connectivity index (χ1n) is 6.55. The highest BCUT2D eigenvalue weighted by Gasteiger charge is 2.42. The van der Waals surface area contributed by atoms with Crippen molar-refractivity contribution in [1.82, 2.24) is 5.32 Å². The van der Waals surface area contributed by atoms with E-state index in [1.54, 1.807) is 0 Å². The summed E-state index contributed by atoms with van der Waals surface area (Å²) >= 11 is 0. The number of carbonyl (C=O) groups excluding carboxylic acids is 1. The van der Waals surface area contributed by atoms with Gasteiger partial charge in [0, 0.05) is 12.1 Å². The maximum absolute atomic E-state index is 13.0. The molecule has 0 bridgehead atoms. The van der Waals surface area contributed by atoms with E-state index in [-0.39, 0.29) is 12.4 Å². The van der Waals surface area contributed by atoms with Crippen molar-refractivity contribution in [2.24, 2.45) is 0 Å². The summed E-state index contributed by atoms with van der Waals surface area (Å²) in [7, 11) is 0. The Morgan fingerprint density at radius 1 is 1.25 bits per heavy atom. The van der Waals surface area contributed by atoms with Crippen molar-refractivity contribution in [3.05, 3.63) is 29.8 Å². The van der Waals surface area contributed by atoms with Crippen LogP contribution in [0.5, 0.6) is 0 Å². The lowest BCUT2D eigenvalue weighted by atomic mass is 10.1. The van der Waals surface area contributed by atoms with E-state index in [1.807, 2.05) is 24.3 Å². The average Bonchev–Trinajstić information content (AvgIpc) is 3.14. The zero-order valence-corrected chi connectivity index (χ0v) is 11.7. The van der Waals surface area contributed by atoms with Crippen LogP contribution in [0.15, 0.2) is 24.3 Å². The van der Waals surface area contributed by atoms with Crippen LogP contribution in [0.3, 0.4) is 0 Å².